The van der Waals surface area contributed by atoms with Crippen LogP contribution in [-0.2, 0) is 14.8 Å². The van der Waals surface area contributed by atoms with Crippen molar-refractivity contribution in [2.75, 3.05) is 18.1 Å². The highest BCUT2D eigenvalue weighted by Gasteiger charge is 2.19. The first-order valence-electron chi connectivity index (χ1n) is 6.73. The molecule has 0 aliphatic heterocycles. The maximum Gasteiger partial charge on any atom is 0.337 e. The highest BCUT2D eigenvalue weighted by Crippen LogP contribution is 2.24. The second-order valence-corrected chi connectivity index (χ2v) is 7.34. The molecular weight excluding hydrogens is 334 g/mol. The van der Waals surface area contributed by atoms with E-state index in [0.717, 1.165) is 4.90 Å². The number of sulfonamides is 1. The summed E-state index contributed by atoms with van der Waals surface area (Å²) in [6.07, 6.45) is 1.91. The average molecular weight is 351 g/mol. The normalized spacial score (nSPS) is 11.1. The highest BCUT2D eigenvalue weighted by atomic mass is 32.2. The second-order valence-electron chi connectivity index (χ2n) is 4.81. The molecule has 2 aromatic carbocycles. The number of hydrogen-bond donors (Lipinski definition) is 1. The van der Waals surface area contributed by atoms with Crippen LogP contribution in [0.5, 0.6) is 0 Å². The number of carbonyl (C=O) groups is 1. The van der Waals surface area contributed by atoms with Gasteiger partial charge in [0.25, 0.3) is 10.0 Å². The monoisotopic (exact) mass is 351 g/mol. The van der Waals surface area contributed by atoms with Gasteiger partial charge >= 0.3 is 5.97 Å². The van der Waals surface area contributed by atoms with E-state index < -0.39 is 16.0 Å². The van der Waals surface area contributed by atoms with E-state index in [4.69, 9.17) is 0 Å². The van der Waals surface area contributed by atoms with Crippen molar-refractivity contribution < 1.29 is 17.9 Å². The second kappa shape index (κ2) is 7.06. The highest BCUT2D eigenvalue weighted by molar-refractivity contribution is 7.98. The minimum atomic E-state index is -3.80. The lowest BCUT2D eigenvalue weighted by atomic mass is 10.1. The fourth-order valence-electron chi connectivity index (χ4n) is 2.03. The van der Waals surface area contributed by atoms with Gasteiger partial charge in [0, 0.05) is 10.6 Å². The van der Waals surface area contributed by atoms with Gasteiger partial charge < -0.3 is 4.74 Å². The van der Waals surface area contributed by atoms with E-state index in [1.165, 1.54) is 31.0 Å². The van der Waals surface area contributed by atoms with Crippen molar-refractivity contribution in [1.29, 1.82) is 0 Å². The van der Waals surface area contributed by atoms with Crippen LogP contribution in [0.25, 0.3) is 0 Å². The zero-order valence-corrected chi connectivity index (χ0v) is 14.6. The molecule has 0 amide bonds. The largest absolute Gasteiger partial charge is 0.465 e. The molecule has 0 unspecified atom stereocenters. The van der Waals surface area contributed by atoms with Crippen LogP contribution in [0.15, 0.2) is 52.3 Å². The molecule has 1 N–H and O–H groups in total. The molecule has 0 saturated carbocycles. The average Bonchev–Trinajstić information content (AvgIpc) is 2.54. The zero-order valence-electron chi connectivity index (χ0n) is 13.0. The number of benzene rings is 2. The van der Waals surface area contributed by atoms with Gasteiger partial charge in [0.05, 0.1) is 17.6 Å². The minimum absolute atomic E-state index is 0.0509. The van der Waals surface area contributed by atoms with E-state index in [0.29, 0.717) is 11.3 Å². The molecule has 0 spiro atoms. The Labute approximate surface area is 140 Å². The summed E-state index contributed by atoms with van der Waals surface area (Å²) < 4.78 is 32.4. The number of esters is 1. The number of hydrogen-bond acceptors (Lipinski definition) is 5. The molecular formula is C16H17NO4S2. The van der Waals surface area contributed by atoms with E-state index in [1.807, 2.05) is 12.3 Å². The first kappa shape index (κ1) is 17.4. The molecule has 0 aromatic heterocycles. The van der Waals surface area contributed by atoms with Crippen LogP contribution in [0.1, 0.15) is 15.9 Å². The van der Waals surface area contributed by atoms with Crippen molar-refractivity contribution >= 4 is 33.4 Å². The third kappa shape index (κ3) is 4.05. The van der Waals surface area contributed by atoms with E-state index in [2.05, 4.69) is 9.46 Å². The Morgan fingerprint density at radius 1 is 1.17 bits per heavy atom. The third-order valence-electron chi connectivity index (χ3n) is 3.22. The fourth-order valence-corrected chi connectivity index (χ4v) is 3.81. The number of nitrogens with one attached hydrogen (secondary N) is 1. The van der Waals surface area contributed by atoms with E-state index >= 15 is 0 Å². The molecule has 0 atom stereocenters. The molecule has 0 bridgehead atoms. The molecule has 2 rings (SSSR count). The van der Waals surface area contributed by atoms with Crippen LogP contribution in [0.4, 0.5) is 5.69 Å². The van der Waals surface area contributed by atoms with Gasteiger partial charge in [-0.25, -0.2) is 13.2 Å². The van der Waals surface area contributed by atoms with E-state index in [1.54, 1.807) is 31.2 Å². The summed E-state index contributed by atoms with van der Waals surface area (Å²) in [7, 11) is -2.55. The standard InChI is InChI=1S/C16H17NO4S2/c1-11-7-8-12(16(18)21-2)9-15(11)23(19,20)17-13-5-4-6-14(10-13)22-3/h4-10,17H,1-3H3. The molecule has 0 aliphatic carbocycles. The third-order valence-corrected chi connectivity index (χ3v) is 5.47. The number of carbonyl (C=O) groups excluding carboxylic acids is 1. The Kier molecular flexibility index (Phi) is 5.33. The van der Waals surface area contributed by atoms with Crippen LogP contribution in [0, 0.1) is 6.92 Å². The smallest absolute Gasteiger partial charge is 0.337 e. The Morgan fingerprint density at radius 2 is 1.91 bits per heavy atom. The molecule has 0 fully saturated rings. The summed E-state index contributed by atoms with van der Waals surface area (Å²) in [5.74, 6) is -0.578. The van der Waals surface area contributed by atoms with Crippen LogP contribution in [0.2, 0.25) is 0 Å². The van der Waals surface area contributed by atoms with Gasteiger partial charge in [-0.15, -0.1) is 11.8 Å². The number of rotatable bonds is 5. The van der Waals surface area contributed by atoms with Crippen molar-refractivity contribution in [3.05, 3.63) is 53.6 Å². The van der Waals surface area contributed by atoms with Crippen LogP contribution < -0.4 is 4.72 Å². The summed E-state index contributed by atoms with van der Waals surface area (Å²) in [4.78, 5) is 12.6. The Bertz CT molecular complexity index is 832. The molecule has 0 heterocycles. The maximum atomic E-state index is 12.6. The topological polar surface area (TPSA) is 72.5 Å². The van der Waals surface area contributed by atoms with Gasteiger partial charge in [0.15, 0.2) is 0 Å². The summed E-state index contributed by atoms with van der Waals surface area (Å²) in [6, 6.07) is 11.5. The molecule has 0 aliphatic rings. The zero-order chi connectivity index (χ0) is 17.0. The first-order chi connectivity index (χ1) is 10.9. The fraction of sp³-hybridized carbons (Fsp3) is 0.188. The maximum absolute atomic E-state index is 12.6. The lowest BCUT2D eigenvalue weighted by Gasteiger charge is -2.12. The SMILES string of the molecule is COC(=O)c1ccc(C)c(S(=O)(=O)Nc2cccc(SC)c2)c1. The number of methoxy groups -OCH3 is 1. The lowest BCUT2D eigenvalue weighted by Crippen LogP contribution is -2.15. The van der Waals surface area contributed by atoms with Crippen LogP contribution >= 0.6 is 11.8 Å². The number of thioether (sulfide) groups is 1. The van der Waals surface area contributed by atoms with Gasteiger partial charge in [-0.3, -0.25) is 4.72 Å². The number of ether oxygens (including phenoxy) is 1. The number of anilines is 1. The quantitative estimate of drug-likeness (QED) is 0.661. The molecule has 122 valence electrons. The predicted octanol–water partition coefficient (Wildman–Crippen LogP) is 3.30. The lowest BCUT2D eigenvalue weighted by molar-refractivity contribution is 0.0600. The summed E-state index contributed by atoms with van der Waals surface area (Å²) in [5.41, 5.74) is 1.21. The molecule has 0 saturated heterocycles. The van der Waals surface area contributed by atoms with Crippen LogP contribution in [-0.4, -0.2) is 27.8 Å². The van der Waals surface area contributed by atoms with Crippen LogP contribution in [0.3, 0.4) is 0 Å². The van der Waals surface area contributed by atoms with Gasteiger partial charge in [-0.2, -0.15) is 0 Å². The molecule has 5 nitrogen and oxygen atoms in total. The summed E-state index contributed by atoms with van der Waals surface area (Å²) in [6.45, 7) is 1.67. The first-order valence-corrected chi connectivity index (χ1v) is 9.44. The minimum Gasteiger partial charge on any atom is -0.465 e. The van der Waals surface area contributed by atoms with E-state index in [-0.39, 0.29) is 10.5 Å². The van der Waals surface area contributed by atoms with Crippen molar-refractivity contribution in [3.8, 4) is 0 Å². The Morgan fingerprint density at radius 3 is 2.57 bits per heavy atom. The predicted molar refractivity (Wildman–Crippen MR) is 91.6 cm³/mol. The van der Waals surface area contributed by atoms with Gasteiger partial charge in [0.2, 0.25) is 0 Å². The molecule has 0 radical (unpaired) electrons. The van der Waals surface area contributed by atoms with Crippen molar-refractivity contribution in [1.82, 2.24) is 0 Å². The van der Waals surface area contributed by atoms with Crippen molar-refractivity contribution in [2.45, 2.75) is 16.7 Å². The number of aryl methyl sites for hydroxylation is 1. The van der Waals surface area contributed by atoms with Crippen molar-refractivity contribution in [2.24, 2.45) is 0 Å². The Hall–Kier alpha value is -1.99. The molecule has 2 aromatic rings. The molecule has 7 heteroatoms. The van der Waals surface area contributed by atoms with Gasteiger partial charge in [-0.1, -0.05) is 12.1 Å². The van der Waals surface area contributed by atoms with Crippen molar-refractivity contribution in [3.63, 3.8) is 0 Å². The van der Waals surface area contributed by atoms with Gasteiger partial charge in [-0.05, 0) is 49.1 Å². The summed E-state index contributed by atoms with van der Waals surface area (Å²) >= 11 is 1.52. The summed E-state index contributed by atoms with van der Waals surface area (Å²) in [5, 5.41) is 0. The Balaban J connectivity index is 2.40. The van der Waals surface area contributed by atoms with Gasteiger partial charge in [0.1, 0.15) is 0 Å². The molecule has 23 heavy (non-hydrogen) atoms. The van der Waals surface area contributed by atoms with E-state index in [9.17, 15) is 13.2 Å².